The first-order chi connectivity index (χ1) is 6.56. The van der Waals surface area contributed by atoms with Crippen LogP contribution in [-0.2, 0) is 0 Å². The minimum Gasteiger partial charge on any atom is -0.382 e. The lowest BCUT2D eigenvalue weighted by Gasteiger charge is -2.10. The van der Waals surface area contributed by atoms with Crippen molar-refractivity contribution in [1.82, 2.24) is 15.1 Å². The van der Waals surface area contributed by atoms with Crippen molar-refractivity contribution in [2.75, 3.05) is 19.3 Å². The number of hydrogen-bond acceptors (Lipinski definition) is 4. The van der Waals surface area contributed by atoms with Crippen LogP contribution in [0.2, 0.25) is 0 Å². The number of nitrogen functional groups attached to an aromatic ring is 1. The first-order valence-electron chi connectivity index (χ1n) is 4.57. The number of anilines is 1. The van der Waals surface area contributed by atoms with E-state index in [1.54, 1.807) is 6.07 Å². The number of nitrogens with two attached hydrogens (primary N) is 1. The fourth-order valence-corrected chi connectivity index (χ4v) is 1.32. The van der Waals surface area contributed by atoms with Crippen LogP contribution in [0.3, 0.4) is 0 Å². The normalized spacial score (nSPS) is 12.8. The van der Waals surface area contributed by atoms with Gasteiger partial charge in [0.15, 0.2) is 0 Å². The van der Waals surface area contributed by atoms with Gasteiger partial charge in [0.2, 0.25) is 0 Å². The number of aromatic nitrogens is 2. The van der Waals surface area contributed by atoms with E-state index < -0.39 is 0 Å². The lowest BCUT2D eigenvalue weighted by Crippen LogP contribution is -2.29. The molecule has 0 aliphatic rings. The van der Waals surface area contributed by atoms with Crippen LogP contribution < -0.4 is 11.1 Å². The average Bonchev–Trinajstić information content (AvgIpc) is 2.44. The van der Waals surface area contributed by atoms with Gasteiger partial charge in [-0.05, 0) is 14.0 Å². The molecule has 14 heavy (non-hydrogen) atoms. The number of rotatable bonds is 3. The van der Waals surface area contributed by atoms with Crippen molar-refractivity contribution < 1.29 is 4.79 Å². The summed E-state index contributed by atoms with van der Waals surface area (Å²) in [5, 5.41) is 6.88. The predicted octanol–water partition coefficient (Wildman–Crippen LogP) is 0.269. The summed E-state index contributed by atoms with van der Waals surface area (Å²) in [5.74, 6) is 0.249. The summed E-state index contributed by atoms with van der Waals surface area (Å²) in [7, 11) is 1.81. The maximum Gasteiger partial charge on any atom is 0.251 e. The lowest BCUT2D eigenvalue weighted by atomic mass is 10.1. The molecule has 0 saturated heterocycles. The Morgan fingerprint density at radius 1 is 1.79 bits per heavy atom. The van der Waals surface area contributed by atoms with Gasteiger partial charge in [0, 0.05) is 24.2 Å². The summed E-state index contributed by atoms with van der Waals surface area (Å²) in [4.78, 5) is 11.8. The number of nitrogens with one attached hydrogen (secondary N) is 1. The average molecular weight is 196 g/mol. The molecule has 0 spiro atoms. The van der Waals surface area contributed by atoms with Crippen LogP contribution in [0.25, 0.3) is 0 Å². The Morgan fingerprint density at radius 2 is 2.43 bits per heavy atom. The molecule has 1 heterocycles. The number of hydrogen-bond donors (Lipinski definition) is 2. The van der Waals surface area contributed by atoms with Gasteiger partial charge in [0.1, 0.15) is 5.82 Å². The first-order valence-corrected chi connectivity index (χ1v) is 4.57. The van der Waals surface area contributed by atoms with Gasteiger partial charge in [-0.15, -0.1) is 5.10 Å². The molecule has 1 aromatic rings. The quantitative estimate of drug-likeness (QED) is 0.727. The maximum absolute atomic E-state index is 11.8. The number of carbonyl (C=O) groups is 1. The van der Waals surface area contributed by atoms with E-state index in [4.69, 9.17) is 5.73 Å². The van der Waals surface area contributed by atoms with E-state index in [2.05, 4.69) is 10.4 Å². The van der Waals surface area contributed by atoms with Crippen LogP contribution in [0.5, 0.6) is 0 Å². The van der Waals surface area contributed by atoms with E-state index >= 15 is 0 Å². The molecule has 5 heteroatoms. The molecule has 0 amide bonds. The van der Waals surface area contributed by atoms with Crippen molar-refractivity contribution in [3.63, 3.8) is 0 Å². The minimum absolute atomic E-state index is 0.0337. The van der Waals surface area contributed by atoms with Gasteiger partial charge in [0.25, 0.3) is 5.91 Å². The Balaban J connectivity index is 2.83. The topological polar surface area (TPSA) is 72.9 Å². The monoisotopic (exact) mass is 196 g/mol. The molecule has 3 N–H and O–H groups in total. The van der Waals surface area contributed by atoms with Gasteiger partial charge < -0.3 is 11.1 Å². The number of aryl methyl sites for hydroxylation is 1. The predicted molar refractivity (Wildman–Crippen MR) is 55.1 cm³/mol. The standard InChI is InChI=1S/C9H16N4O/c1-6(5-11-3)9(14)13-7(2)4-8(10)12-13/h4,6,11H,5H2,1-3H3,(H2,10,12). The van der Waals surface area contributed by atoms with Crippen molar-refractivity contribution >= 4 is 11.7 Å². The van der Waals surface area contributed by atoms with Crippen molar-refractivity contribution in [2.45, 2.75) is 13.8 Å². The zero-order valence-electron chi connectivity index (χ0n) is 8.74. The highest BCUT2D eigenvalue weighted by atomic mass is 16.2. The van der Waals surface area contributed by atoms with Crippen molar-refractivity contribution in [2.24, 2.45) is 5.92 Å². The highest BCUT2D eigenvalue weighted by molar-refractivity contribution is 5.81. The van der Waals surface area contributed by atoms with E-state index in [0.717, 1.165) is 5.69 Å². The second-order valence-electron chi connectivity index (χ2n) is 3.42. The second-order valence-corrected chi connectivity index (χ2v) is 3.42. The van der Waals surface area contributed by atoms with Crippen LogP contribution in [0.15, 0.2) is 6.07 Å². The molecule has 0 aromatic carbocycles. The van der Waals surface area contributed by atoms with Gasteiger partial charge >= 0.3 is 0 Å². The third-order valence-corrected chi connectivity index (χ3v) is 2.05. The summed E-state index contributed by atoms with van der Waals surface area (Å²) in [6.45, 7) is 4.31. The molecule has 0 aliphatic carbocycles. The Kier molecular flexibility index (Phi) is 3.24. The summed E-state index contributed by atoms with van der Waals surface area (Å²) >= 11 is 0. The number of carbonyl (C=O) groups excluding carboxylic acids is 1. The maximum atomic E-state index is 11.8. The SMILES string of the molecule is CNCC(C)C(=O)n1nc(N)cc1C. The molecular weight excluding hydrogens is 180 g/mol. The third-order valence-electron chi connectivity index (χ3n) is 2.05. The first kappa shape index (κ1) is 10.7. The Hall–Kier alpha value is -1.36. The largest absolute Gasteiger partial charge is 0.382 e. The zero-order chi connectivity index (χ0) is 10.7. The van der Waals surface area contributed by atoms with Gasteiger partial charge in [-0.25, -0.2) is 4.68 Å². The van der Waals surface area contributed by atoms with Crippen molar-refractivity contribution in [1.29, 1.82) is 0 Å². The van der Waals surface area contributed by atoms with Gasteiger partial charge in [-0.1, -0.05) is 6.92 Å². The van der Waals surface area contributed by atoms with Gasteiger partial charge in [-0.2, -0.15) is 0 Å². The fourth-order valence-electron chi connectivity index (χ4n) is 1.32. The summed E-state index contributed by atoms with van der Waals surface area (Å²) in [5.41, 5.74) is 6.27. The van der Waals surface area contributed by atoms with E-state index in [9.17, 15) is 4.79 Å². The van der Waals surface area contributed by atoms with E-state index in [1.807, 2.05) is 20.9 Å². The van der Waals surface area contributed by atoms with Crippen molar-refractivity contribution in [3.05, 3.63) is 11.8 Å². The van der Waals surface area contributed by atoms with Gasteiger partial charge in [-0.3, -0.25) is 4.79 Å². The molecule has 5 nitrogen and oxygen atoms in total. The minimum atomic E-state index is -0.0991. The van der Waals surface area contributed by atoms with Crippen LogP contribution in [-0.4, -0.2) is 29.3 Å². The molecule has 0 bridgehead atoms. The van der Waals surface area contributed by atoms with E-state index in [1.165, 1.54) is 4.68 Å². The van der Waals surface area contributed by atoms with Crippen LogP contribution in [0, 0.1) is 12.8 Å². The van der Waals surface area contributed by atoms with Crippen molar-refractivity contribution in [3.8, 4) is 0 Å². The van der Waals surface area contributed by atoms with E-state index in [0.29, 0.717) is 12.4 Å². The summed E-state index contributed by atoms with van der Waals surface area (Å²) < 4.78 is 1.36. The Bertz CT molecular complexity index is 332. The molecule has 1 aromatic heterocycles. The molecular formula is C9H16N4O. The molecule has 0 fully saturated rings. The molecule has 1 atom stereocenters. The number of nitrogens with zero attached hydrogens (tertiary/aromatic N) is 2. The molecule has 1 unspecified atom stereocenters. The Morgan fingerprint density at radius 3 is 2.86 bits per heavy atom. The highest BCUT2D eigenvalue weighted by Gasteiger charge is 2.16. The van der Waals surface area contributed by atoms with Crippen LogP contribution in [0.4, 0.5) is 5.82 Å². The molecule has 78 valence electrons. The smallest absolute Gasteiger partial charge is 0.251 e. The molecule has 0 radical (unpaired) electrons. The summed E-state index contributed by atoms with van der Waals surface area (Å²) in [6.07, 6.45) is 0. The fraction of sp³-hybridized carbons (Fsp3) is 0.556. The third kappa shape index (κ3) is 2.11. The highest BCUT2D eigenvalue weighted by Crippen LogP contribution is 2.07. The molecule has 0 saturated carbocycles. The van der Waals surface area contributed by atoms with Crippen LogP contribution >= 0.6 is 0 Å². The van der Waals surface area contributed by atoms with E-state index in [-0.39, 0.29) is 11.8 Å². The van der Waals surface area contributed by atoms with Crippen LogP contribution in [0.1, 0.15) is 17.4 Å². The summed E-state index contributed by atoms with van der Waals surface area (Å²) in [6, 6.07) is 1.68. The van der Waals surface area contributed by atoms with Gasteiger partial charge in [0.05, 0.1) is 0 Å². The second kappa shape index (κ2) is 4.23. The molecule has 0 aliphatic heterocycles. The lowest BCUT2D eigenvalue weighted by molar-refractivity contribution is 0.0826. The Labute approximate surface area is 83.3 Å². The zero-order valence-corrected chi connectivity index (χ0v) is 8.74. The molecule has 1 rings (SSSR count).